The summed E-state index contributed by atoms with van der Waals surface area (Å²) in [6.45, 7) is 1.98. The normalized spacial score (nSPS) is 14.3. The fourth-order valence-corrected chi connectivity index (χ4v) is 3.45. The summed E-state index contributed by atoms with van der Waals surface area (Å²) < 4.78 is 5.34. The summed E-state index contributed by atoms with van der Waals surface area (Å²) in [5, 5.41) is 3.50. The van der Waals surface area contributed by atoms with Crippen LogP contribution in [0.3, 0.4) is 0 Å². The van der Waals surface area contributed by atoms with E-state index in [-0.39, 0.29) is 17.4 Å². The quantitative estimate of drug-likeness (QED) is 0.794. The molecule has 1 amide bonds. The zero-order chi connectivity index (χ0) is 17.4. The molecule has 2 aromatic carbocycles. The maximum atomic E-state index is 12.6. The highest BCUT2D eigenvalue weighted by Crippen LogP contribution is 2.25. The zero-order valence-corrected chi connectivity index (χ0v) is 14.0. The summed E-state index contributed by atoms with van der Waals surface area (Å²) >= 11 is 0. The Morgan fingerprint density at radius 2 is 1.92 bits per heavy atom. The predicted octanol–water partition coefficient (Wildman–Crippen LogP) is 3.77. The van der Waals surface area contributed by atoms with Crippen molar-refractivity contribution in [2.75, 3.05) is 0 Å². The molecule has 0 fully saturated rings. The van der Waals surface area contributed by atoms with Gasteiger partial charge in [-0.3, -0.25) is 9.59 Å². The van der Waals surface area contributed by atoms with Crippen LogP contribution in [-0.2, 0) is 12.8 Å². The lowest BCUT2D eigenvalue weighted by molar-refractivity contribution is 0.0940. The maximum absolute atomic E-state index is 12.6. The number of hydrogen-bond donors (Lipinski definition) is 1. The fraction of sp³-hybridized carbons (Fsp3) is 0.238. The van der Waals surface area contributed by atoms with E-state index in [1.165, 1.54) is 29.9 Å². The second-order valence-corrected chi connectivity index (χ2v) is 6.57. The number of amides is 1. The summed E-state index contributed by atoms with van der Waals surface area (Å²) in [7, 11) is 0. The van der Waals surface area contributed by atoms with E-state index in [2.05, 4.69) is 23.5 Å². The van der Waals surface area contributed by atoms with Crippen LogP contribution in [0.4, 0.5) is 0 Å². The standard InChI is InChI=1S/C21H19NO3/c1-13(15-6-5-14-3-2-4-16(14)11-15)22-21(24)17-7-8-18-19(23)9-10-25-20(18)12-17/h5-13H,2-4H2,1H3,(H,22,24)/t13-/m1/s1. The predicted molar refractivity (Wildman–Crippen MR) is 96.8 cm³/mol. The van der Waals surface area contributed by atoms with E-state index in [1.54, 1.807) is 18.2 Å². The van der Waals surface area contributed by atoms with Gasteiger partial charge in [0.05, 0.1) is 17.7 Å². The molecule has 3 aromatic rings. The zero-order valence-electron chi connectivity index (χ0n) is 14.0. The monoisotopic (exact) mass is 333 g/mol. The topological polar surface area (TPSA) is 59.3 Å². The lowest BCUT2D eigenvalue weighted by atomic mass is 10.0. The molecule has 1 aliphatic rings. The van der Waals surface area contributed by atoms with Crippen molar-refractivity contribution in [3.8, 4) is 0 Å². The largest absolute Gasteiger partial charge is 0.464 e. The third kappa shape index (κ3) is 2.95. The van der Waals surface area contributed by atoms with E-state index < -0.39 is 0 Å². The third-order valence-electron chi connectivity index (χ3n) is 4.89. The summed E-state index contributed by atoms with van der Waals surface area (Å²) in [6, 6.07) is 12.7. The lowest BCUT2D eigenvalue weighted by Crippen LogP contribution is -2.26. The van der Waals surface area contributed by atoms with E-state index in [9.17, 15) is 9.59 Å². The van der Waals surface area contributed by atoms with Gasteiger partial charge in [-0.15, -0.1) is 0 Å². The van der Waals surface area contributed by atoms with Crippen molar-refractivity contribution in [2.24, 2.45) is 0 Å². The van der Waals surface area contributed by atoms with Crippen molar-refractivity contribution in [1.82, 2.24) is 5.32 Å². The summed E-state index contributed by atoms with van der Waals surface area (Å²) in [4.78, 5) is 24.3. The highest BCUT2D eigenvalue weighted by atomic mass is 16.3. The van der Waals surface area contributed by atoms with Gasteiger partial charge in [0, 0.05) is 11.6 Å². The maximum Gasteiger partial charge on any atom is 0.251 e. The lowest BCUT2D eigenvalue weighted by Gasteiger charge is -2.16. The number of fused-ring (bicyclic) bond motifs is 2. The number of hydrogen-bond acceptors (Lipinski definition) is 3. The molecule has 4 heteroatoms. The molecule has 126 valence electrons. The van der Waals surface area contributed by atoms with Gasteiger partial charge in [-0.1, -0.05) is 18.2 Å². The Kier molecular flexibility index (Phi) is 3.88. The van der Waals surface area contributed by atoms with Crippen molar-refractivity contribution >= 4 is 16.9 Å². The molecule has 0 radical (unpaired) electrons. The number of rotatable bonds is 3. The minimum Gasteiger partial charge on any atom is -0.464 e. The molecule has 0 spiro atoms. The molecule has 4 rings (SSSR count). The SMILES string of the molecule is C[C@@H](NC(=O)c1ccc2c(=O)ccoc2c1)c1ccc2c(c1)CCC2. The van der Waals surface area contributed by atoms with E-state index in [0.717, 1.165) is 18.4 Å². The number of nitrogens with one attached hydrogen (secondary N) is 1. The Bertz CT molecular complexity index is 1020. The number of aryl methyl sites for hydroxylation is 2. The van der Waals surface area contributed by atoms with Gasteiger partial charge in [-0.25, -0.2) is 0 Å². The van der Waals surface area contributed by atoms with Gasteiger partial charge in [-0.05, 0) is 61.1 Å². The first-order valence-corrected chi connectivity index (χ1v) is 8.56. The van der Waals surface area contributed by atoms with E-state index in [1.807, 2.05) is 6.92 Å². The molecular weight excluding hydrogens is 314 g/mol. The van der Waals surface area contributed by atoms with Crippen LogP contribution in [0.2, 0.25) is 0 Å². The second-order valence-electron chi connectivity index (χ2n) is 6.57. The Balaban J connectivity index is 1.56. The molecule has 1 aliphatic carbocycles. The van der Waals surface area contributed by atoms with Crippen molar-refractivity contribution < 1.29 is 9.21 Å². The molecule has 0 aliphatic heterocycles. The third-order valence-corrected chi connectivity index (χ3v) is 4.89. The van der Waals surface area contributed by atoms with Gasteiger partial charge >= 0.3 is 0 Å². The molecule has 0 unspecified atom stereocenters. The molecule has 0 saturated carbocycles. The average Bonchev–Trinajstić information content (AvgIpc) is 3.09. The molecule has 1 N–H and O–H groups in total. The van der Waals surface area contributed by atoms with Crippen LogP contribution in [-0.4, -0.2) is 5.91 Å². The molecule has 25 heavy (non-hydrogen) atoms. The average molecular weight is 333 g/mol. The van der Waals surface area contributed by atoms with Crippen LogP contribution >= 0.6 is 0 Å². The Morgan fingerprint density at radius 3 is 2.80 bits per heavy atom. The van der Waals surface area contributed by atoms with Gasteiger partial charge in [-0.2, -0.15) is 0 Å². The van der Waals surface area contributed by atoms with Crippen LogP contribution < -0.4 is 10.7 Å². The second kappa shape index (κ2) is 6.20. The van der Waals surface area contributed by atoms with E-state index in [4.69, 9.17) is 4.42 Å². The number of benzene rings is 2. The number of carbonyl (C=O) groups excluding carboxylic acids is 1. The van der Waals surface area contributed by atoms with E-state index >= 15 is 0 Å². The molecule has 1 heterocycles. The first-order chi connectivity index (χ1) is 12.1. The van der Waals surface area contributed by atoms with Crippen molar-refractivity contribution in [1.29, 1.82) is 0 Å². The molecule has 1 aromatic heterocycles. The summed E-state index contributed by atoms with van der Waals surface area (Å²) in [6.07, 6.45) is 4.83. The van der Waals surface area contributed by atoms with Crippen LogP contribution in [0.15, 0.2) is 57.9 Å². The van der Waals surface area contributed by atoms with Crippen LogP contribution in [0, 0.1) is 0 Å². The van der Waals surface area contributed by atoms with Crippen molar-refractivity contribution in [3.63, 3.8) is 0 Å². The van der Waals surface area contributed by atoms with Gasteiger partial charge < -0.3 is 9.73 Å². The van der Waals surface area contributed by atoms with Crippen molar-refractivity contribution in [3.05, 3.63) is 81.2 Å². The fourth-order valence-electron chi connectivity index (χ4n) is 3.45. The first-order valence-electron chi connectivity index (χ1n) is 8.56. The van der Waals surface area contributed by atoms with E-state index in [0.29, 0.717) is 16.5 Å². The minimum absolute atomic E-state index is 0.0862. The smallest absolute Gasteiger partial charge is 0.251 e. The molecule has 0 saturated heterocycles. The van der Waals surface area contributed by atoms with Crippen LogP contribution in [0.5, 0.6) is 0 Å². The van der Waals surface area contributed by atoms with Crippen molar-refractivity contribution in [2.45, 2.75) is 32.2 Å². The Hall–Kier alpha value is -2.88. The summed E-state index contributed by atoms with van der Waals surface area (Å²) in [5.74, 6) is -0.179. The molecule has 1 atom stereocenters. The Labute approximate surface area is 145 Å². The van der Waals surface area contributed by atoms with Gasteiger partial charge in [0.15, 0.2) is 5.43 Å². The Morgan fingerprint density at radius 1 is 1.08 bits per heavy atom. The highest BCUT2D eigenvalue weighted by molar-refractivity contribution is 5.97. The van der Waals surface area contributed by atoms with Crippen LogP contribution in [0.1, 0.15) is 46.4 Å². The van der Waals surface area contributed by atoms with Gasteiger partial charge in [0.2, 0.25) is 0 Å². The number of carbonyl (C=O) groups is 1. The molecular formula is C21H19NO3. The molecule has 0 bridgehead atoms. The summed E-state index contributed by atoms with van der Waals surface area (Å²) in [5.41, 5.74) is 4.72. The van der Waals surface area contributed by atoms with Gasteiger partial charge in [0.1, 0.15) is 5.58 Å². The van der Waals surface area contributed by atoms with Crippen LogP contribution in [0.25, 0.3) is 11.0 Å². The first kappa shape index (κ1) is 15.6. The highest BCUT2D eigenvalue weighted by Gasteiger charge is 2.16. The van der Waals surface area contributed by atoms with Gasteiger partial charge in [0.25, 0.3) is 5.91 Å². The molecule has 4 nitrogen and oxygen atoms in total. The minimum atomic E-state index is -0.179.